The smallest absolute Gasteiger partial charge is 0.0145 e. The van der Waals surface area contributed by atoms with Crippen LogP contribution in [0.25, 0.3) is 0 Å². The maximum atomic E-state index is 5.89. The number of hydrogen-bond acceptors (Lipinski definition) is 3. The van der Waals surface area contributed by atoms with Gasteiger partial charge in [0.1, 0.15) is 0 Å². The van der Waals surface area contributed by atoms with Crippen LogP contribution >= 0.6 is 0 Å². The van der Waals surface area contributed by atoms with Gasteiger partial charge in [0.05, 0.1) is 0 Å². The summed E-state index contributed by atoms with van der Waals surface area (Å²) in [7, 11) is 2.31. The van der Waals surface area contributed by atoms with Gasteiger partial charge in [-0.3, -0.25) is 4.90 Å². The molecule has 2 aliphatic heterocycles. The Balaban J connectivity index is 1.58. The molecule has 16 heavy (non-hydrogen) atoms. The van der Waals surface area contributed by atoms with Crippen LogP contribution in [-0.4, -0.2) is 54.6 Å². The van der Waals surface area contributed by atoms with Crippen molar-refractivity contribution in [2.45, 2.75) is 50.2 Å². The second-order valence-corrected chi connectivity index (χ2v) is 6.12. The first-order valence-electron chi connectivity index (χ1n) is 6.94. The normalized spacial score (nSPS) is 46.1. The Labute approximate surface area is 99.0 Å². The van der Waals surface area contributed by atoms with Crippen LogP contribution in [0.15, 0.2) is 0 Å². The molecule has 2 heterocycles. The molecule has 3 aliphatic rings. The Morgan fingerprint density at radius 2 is 1.94 bits per heavy atom. The summed E-state index contributed by atoms with van der Waals surface area (Å²) in [6, 6.07) is 2.19. The molecule has 0 aromatic heterocycles. The average Bonchev–Trinajstić information content (AvgIpc) is 2.25. The van der Waals surface area contributed by atoms with Crippen molar-refractivity contribution < 1.29 is 0 Å². The minimum atomic E-state index is 0.497. The van der Waals surface area contributed by atoms with Crippen LogP contribution in [-0.2, 0) is 0 Å². The van der Waals surface area contributed by atoms with E-state index in [0.717, 1.165) is 18.0 Å². The summed E-state index contributed by atoms with van der Waals surface area (Å²) < 4.78 is 0. The Kier molecular flexibility index (Phi) is 2.94. The highest BCUT2D eigenvalue weighted by molar-refractivity contribution is 4.96. The van der Waals surface area contributed by atoms with Crippen molar-refractivity contribution in [3.8, 4) is 0 Å². The lowest BCUT2D eigenvalue weighted by molar-refractivity contribution is -0.00141. The summed E-state index contributed by atoms with van der Waals surface area (Å²) >= 11 is 0. The van der Waals surface area contributed by atoms with Gasteiger partial charge >= 0.3 is 0 Å². The van der Waals surface area contributed by atoms with Crippen molar-refractivity contribution in [3.05, 3.63) is 0 Å². The fourth-order valence-electron chi connectivity index (χ4n) is 3.94. The van der Waals surface area contributed by atoms with E-state index in [9.17, 15) is 0 Å². The van der Waals surface area contributed by atoms with Crippen molar-refractivity contribution >= 4 is 0 Å². The number of likely N-dealkylation sites (tertiary alicyclic amines) is 2. The van der Waals surface area contributed by atoms with E-state index in [1.807, 2.05) is 0 Å². The molecule has 2 unspecified atom stereocenters. The van der Waals surface area contributed by atoms with E-state index in [1.165, 1.54) is 51.7 Å². The molecule has 0 amide bonds. The maximum absolute atomic E-state index is 5.89. The average molecular weight is 223 g/mol. The highest BCUT2D eigenvalue weighted by Crippen LogP contribution is 2.33. The van der Waals surface area contributed by atoms with Crippen molar-refractivity contribution in [1.29, 1.82) is 0 Å². The van der Waals surface area contributed by atoms with Crippen molar-refractivity contribution in [2.24, 2.45) is 11.7 Å². The number of nitrogens with zero attached hydrogens (tertiary/aromatic N) is 2. The molecule has 0 aromatic rings. The van der Waals surface area contributed by atoms with Crippen LogP contribution in [0.5, 0.6) is 0 Å². The monoisotopic (exact) mass is 223 g/mol. The number of rotatable bonds is 1. The Bertz CT molecular complexity index is 250. The maximum Gasteiger partial charge on any atom is 0.0145 e. The van der Waals surface area contributed by atoms with E-state index in [0.29, 0.717) is 6.04 Å². The third-order valence-corrected chi connectivity index (χ3v) is 5.04. The zero-order valence-corrected chi connectivity index (χ0v) is 10.4. The molecule has 92 valence electrons. The standard InChI is InChI=1S/C13H25N3/c1-15-5-2-3-10-9-16(6-4-13(10)15)12-7-11(14)8-12/h10-13H,2-9,14H2,1H3. The fraction of sp³-hybridized carbons (Fsp3) is 1.00. The van der Waals surface area contributed by atoms with Crippen LogP contribution in [0.2, 0.25) is 0 Å². The molecule has 2 saturated heterocycles. The summed E-state index contributed by atoms with van der Waals surface area (Å²) in [5, 5.41) is 0. The number of hydrogen-bond donors (Lipinski definition) is 1. The molecule has 0 radical (unpaired) electrons. The van der Waals surface area contributed by atoms with Crippen LogP contribution in [0.4, 0.5) is 0 Å². The molecule has 3 rings (SSSR count). The van der Waals surface area contributed by atoms with E-state index in [-0.39, 0.29) is 0 Å². The van der Waals surface area contributed by atoms with Gasteiger partial charge in [-0.15, -0.1) is 0 Å². The second-order valence-electron chi connectivity index (χ2n) is 6.12. The summed E-state index contributed by atoms with van der Waals surface area (Å²) in [6.45, 7) is 3.96. The Hall–Kier alpha value is -0.120. The first-order valence-corrected chi connectivity index (χ1v) is 6.94. The Morgan fingerprint density at radius 1 is 1.12 bits per heavy atom. The largest absolute Gasteiger partial charge is 0.328 e. The van der Waals surface area contributed by atoms with Gasteiger partial charge in [0, 0.05) is 24.7 Å². The van der Waals surface area contributed by atoms with Gasteiger partial charge in [-0.25, -0.2) is 0 Å². The molecular weight excluding hydrogens is 198 g/mol. The topological polar surface area (TPSA) is 32.5 Å². The number of nitrogens with two attached hydrogens (primary N) is 1. The van der Waals surface area contributed by atoms with Gasteiger partial charge in [-0.05, 0) is 58.2 Å². The van der Waals surface area contributed by atoms with Gasteiger partial charge in [0.25, 0.3) is 0 Å². The molecule has 2 N–H and O–H groups in total. The molecule has 3 fully saturated rings. The van der Waals surface area contributed by atoms with Gasteiger partial charge < -0.3 is 10.6 Å². The van der Waals surface area contributed by atoms with Crippen LogP contribution < -0.4 is 5.73 Å². The summed E-state index contributed by atoms with van der Waals surface area (Å²) in [4.78, 5) is 5.32. The Morgan fingerprint density at radius 3 is 2.69 bits per heavy atom. The fourth-order valence-corrected chi connectivity index (χ4v) is 3.94. The number of piperidine rings is 2. The quantitative estimate of drug-likeness (QED) is 0.716. The van der Waals surface area contributed by atoms with E-state index in [2.05, 4.69) is 16.8 Å². The van der Waals surface area contributed by atoms with Crippen LogP contribution in [0.3, 0.4) is 0 Å². The molecular formula is C13H25N3. The zero-order valence-electron chi connectivity index (χ0n) is 10.4. The molecule has 1 saturated carbocycles. The summed E-state index contributed by atoms with van der Waals surface area (Å²) in [6.07, 6.45) is 6.72. The highest BCUT2D eigenvalue weighted by atomic mass is 15.2. The third kappa shape index (κ3) is 1.89. The van der Waals surface area contributed by atoms with Gasteiger partial charge in [0.2, 0.25) is 0 Å². The van der Waals surface area contributed by atoms with Crippen LogP contribution in [0.1, 0.15) is 32.1 Å². The lowest BCUT2D eigenvalue weighted by atomic mass is 9.80. The van der Waals surface area contributed by atoms with E-state index < -0.39 is 0 Å². The predicted molar refractivity (Wildman–Crippen MR) is 66.3 cm³/mol. The molecule has 2 atom stereocenters. The zero-order chi connectivity index (χ0) is 11.1. The predicted octanol–water partition coefficient (Wildman–Crippen LogP) is 0.892. The first kappa shape index (κ1) is 11.0. The third-order valence-electron chi connectivity index (χ3n) is 5.04. The SMILES string of the molecule is CN1CCCC2CN(C3CC(N)C3)CCC21. The lowest BCUT2D eigenvalue weighted by Crippen LogP contribution is -2.58. The van der Waals surface area contributed by atoms with Crippen molar-refractivity contribution in [1.82, 2.24) is 9.80 Å². The second kappa shape index (κ2) is 4.28. The van der Waals surface area contributed by atoms with E-state index in [1.54, 1.807) is 0 Å². The molecule has 0 aromatic carbocycles. The van der Waals surface area contributed by atoms with E-state index >= 15 is 0 Å². The molecule has 0 spiro atoms. The van der Waals surface area contributed by atoms with Crippen molar-refractivity contribution in [3.63, 3.8) is 0 Å². The van der Waals surface area contributed by atoms with Gasteiger partial charge in [-0.1, -0.05) is 0 Å². The molecule has 0 bridgehead atoms. The van der Waals surface area contributed by atoms with Crippen molar-refractivity contribution in [2.75, 3.05) is 26.7 Å². The molecule has 3 heteroatoms. The number of fused-ring (bicyclic) bond motifs is 1. The molecule has 1 aliphatic carbocycles. The minimum Gasteiger partial charge on any atom is -0.328 e. The molecule has 3 nitrogen and oxygen atoms in total. The van der Waals surface area contributed by atoms with E-state index in [4.69, 9.17) is 5.73 Å². The first-order chi connectivity index (χ1) is 7.74. The van der Waals surface area contributed by atoms with Gasteiger partial charge in [-0.2, -0.15) is 0 Å². The summed E-state index contributed by atoms with van der Waals surface area (Å²) in [5.74, 6) is 0.935. The van der Waals surface area contributed by atoms with Crippen LogP contribution in [0, 0.1) is 5.92 Å². The lowest BCUT2D eigenvalue weighted by Gasteiger charge is -2.50. The minimum absolute atomic E-state index is 0.497. The highest BCUT2D eigenvalue weighted by Gasteiger charge is 2.39. The van der Waals surface area contributed by atoms with Gasteiger partial charge in [0.15, 0.2) is 0 Å². The summed E-state index contributed by atoms with van der Waals surface area (Å²) in [5.41, 5.74) is 5.89.